The molecule has 1 atom stereocenters. The van der Waals surface area contributed by atoms with Crippen LogP contribution in [-0.4, -0.2) is 27.5 Å². The zero-order chi connectivity index (χ0) is 18.7. The molecule has 1 fully saturated rings. The number of imidazole rings is 1. The van der Waals surface area contributed by atoms with Gasteiger partial charge in [0.15, 0.2) is 0 Å². The van der Waals surface area contributed by atoms with Gasteiger partial charge in [-0.2, -0.15) is 5.26 Å². The monoisotopic (exact) mass is 354 g/mol. The van der Waals surface area contributed by atoms with Crippen LogP contribution in [0.4, 0.5) is 4.39 Å². The van der Waals surface area contributed by atoms with Crippen molar-refractivity contribution in [1.82, 2.24) is 14.5 Å². The molecule has 0 spiro atoms. The second kappa shape index (κ2) is 7.59. The summed E-state index contributed by atoms with van der Waals surface area (Å²) in [6, 6.07) is 9.34. The maximum Gasteiger partial charge on any atom is 0.123 e. The van der Waals surface area contributed by atoms with Gasteiger partial charge in [-0.15, -0.1) is 0 Å². The highest BCUT2D eigenvalue weighted by Gasteiger charge is 2.37. The lowest BCUT2D eigenvalue weighted by Gasteiger charge is -2.39. The standard InChI is InChI=1S/C21H27FN4/c1-16(2)21(14-23)8-10-25(11-9-21)13-20-12-24-15-26(20)17(3)18-4-6-19(22)7-5-18/h4-7,12,15-17H,8-11,13H2,1-3H3/t17-/m1/s1. The molecule has 26 heavy (non-hydrogen) atoms. The van der Waals surface area contributed by atoms with E-state index in [1.165, 1.54) is 12.1 Å². The fourth-order valence-electron chi connectivity index (χ4n) is 3.86. The lowest BCUT2D eigenvalue weighted by molar-refractivity contribution is 0.102. The number of aromatic nitrogens is 2. The molecule has 1 saturated heterocycles. The summed E-state index contributed by atoms with van der Waals surface area (Å²) in [6.45, 7) is 9.10. The Morgan fingerprint density at radius 3 is 2.42 bits per heavy atom. The van der Waals surface area contributed by atoms with Crippen LogP contribution in [0.3, 0.4) is 0 Å². The largest absolute Gasteiger partial charge is 0.326 e. The fraction of sp³-hybridized carbons (Fsp3) is 0.524. The third-order valence-electron chi connectivity index (χ3n) is 5.98. The van der Waals surface area contributed by atoms with Gasteiger partial charge in [0.05, 0.1) is 29.5 Å². The Kier molecular flexibility index (Phi) is 5.43. The van der Waals surface area contributed by atoms with Gasteiger partial charge in [0.2, 0.25) is 0 Å². The van der Waals surface area contributed by atoms with Crippen LogP contribution in [0, 0.1) is 28.5 Å². The maximum absolute atomic E-state index is 13.2. The minimum Gasteiger partial charge on any atom is -0.326 e. The lowest BCUT2D eigenvalue weighted by atomic mass is 9.71. The van der Waals surface area contributed by atoms with Gasteiger partial charge < -0.3 is 4.57 Å². The molecular formula is C21H27FN4. The molecule has 0 bridgehead atoms. The van der Waals surface area contributed by atoms with E-state index >= 15 is 0 Å². The summed E-state index contributed by atoms with van der Waals surface area (Å²) in [6.07, 6.45) is 5.60. The summed E-state index contributed by atoms with van der Waals surface area (Å²) in [4.78, 5) is 6.74. The first-order valence-corrected chi connectivity index (χ1v) is 9.35. The smallest absolute Gasteiger partial charge is 0.123 e. The Morgan fingerprint density at radius 1 is 1.19 bits per heavy atom. The summed E-state index contributed by atoms with van der Waals surface area (Å²) >= 11 is 0. The lowest BCUT2D eigenvalue weighted by Crippen LogP contribution is -2.41. The normalized spacial score (nSPS) is 18.6. The Morgan fingerprint density at radius 2 is 1.85 bits per heavy atom. The first-order valence-electron chi connectivity index (χ1n) is 9.35. The number of piperidine rings is 1. The number of nitriles is 1. The van der Waals surface area contributed by atoms with Crippen LogP contribution in [-0.2, 0) is 6.54 Å². The summed E-state index contributed by atoms with van der Waals surface area (Å²) in [5.41, 5.74) is 2.03. The van der Waals surface area contributed by atoms with Gasteiger partial charge in [-0.05, 0) is 43.4 Å². The fourth-order valence-corrected chi connectivity index (χ4v) is 3.86. The Labute approximate surface area is 155 Å². The van der Waals surface area contributed by atoms with E-state index in [4.69, 9.17) is 0 Å². The third-order valence-corrected chi connectivity index (χ3v) is 5.98. The molecule has 0 amide bonds. The predicted octanol–water partition coefficient (Wildman–Crippen LogP) is 4.39. The van der Waals surface area contributed by atoms with Crippen molar-refractivity contribution in [2.24, 2.45) is 11.3 Å². The molecule has 2 heterocycles. The predicted molar refractivity (Wildman–Crippen MR) is 99.8 cm³/mol. The number of likely N-dealkylation sites (tertiary alicyclic amines) is 1. The molecule has 1 aliphatic rings. The zero-order valence-corrected chi connectivity index (χ0v) is 15.8. The topological polar surface area (TPSA) is 44.9 Å². The number of nitrogens with zero attached hydrogens (tertiary/aromatic N) is 4. The van der Waals surface area contributed by atoms with Crippen molar-refractivity contribution in [2.75, 3.05) is 13.1 Å². The van der Waals surface area contributed by atoms with Crippen molar-refractivity contribution in [3.8, 4) is 6.07 Å². The molecule has 5 heteroatoms. The first-order chi connectivity index (χ1) is 12.4. The molecule has 0 saturated carbocycles. The molecule has 1 aromatic heterocycles. The Bertz CT molecular complexity index is 764. The zero-order valence-electron chi connectivity index (χ0n) is 15.8. The van der Waals surface area contributed by atoms with Crippen molar-refractivity contribution < 1.29 is 4.39 Å². The van der Waals surface area contributed by atoms with Gasteiger partial charge in [-0.3, -0.25) is 4.90 Å². The van der Waals surface area contributed by atoms with Crippen LogP contribution < -0.4 is 0 Å². The van der Waals surface area contributed by atoms with Crippen molar-refractivity contribution in [3.05, 3.63) is 53.9 Å². The molecule has 3 rings (SSSR count). The summed E-state index contributed by atoms with van der Waals surface area (Å²) < 4.78 is 15.3. The van der Waals surface area contributed by atoms with E-state index in [9.17, 15) is 9.65 Å². The summed E-state index contributed by atoms with van der Waals surface area (Å²) in [5.74, 6) is 0.171. The van der Waals surface area contributed by atoms with Crippen LogP contribution in [0.2, 0.25) is 0 Å². The molecule has 0 N–H and O–H groups in total. The summed E-state index contributed by atoms with van der Waals surface area (Å²) in [7, 11) is 0. The molecule has 0 unspecified atom stereocenters. The van der Waals surface area contributed by atoms with E-state index in [-0.39, 0.29) is 17.3 Å². The highest BCUT2D eigenvalue weighted by Crippen LogP contribution is 2.38. The van der Waals surface area contributed by atoms with Gasteiger partial charge in [0, 0.05) is 25.8 Å². The van der Waals surface area contributed by atoms with Crippen molar-refractivity contribution in [1.29, 1.82) is 5.26 Å². The van der Waals surface area contributed by atoms with Crippen molar-refractivity contribution in [3.63, 3.8) is 0 Å². The highest BCUT2D eigenvalue weighted by atomic mass is 19.1. The number of hydrogen-bond acceptors (Lipinski definition) is 3. The van der Waals surface area contributed by atoms with Crippen LogP contribution in [0.15, 0.2) is 36.8 Å². The van der Waals surface area contributed by atoms with Gasteiger partial charge in [0.1, 0.15) is 5.82 Å². The quantitative estimate of drug-likeness (QED) is 0.800. The molecule has 0 radical (unpaired) electrons. The van der Waals surface area contributed by atoms with Gasteiger partial charge >= 0.3 is 0 Å². The Balaban J connectivity index is 1.69. The SMILES string of the molecule is CC(C)C1(C#N)CCN(Cc2cncn2[C@H](C)c2ccc(F)cc2)CC1. The number of halogens is 1. The molecule has 4 nitrogen and oxygen atoms in total. The average Bonchev–Trinajstić information content (AvgIpc) is 3.10. The van der Waals surface area contributed by atoms with Crippen LogP contribution in [0.25, 0.3) is 0 Å². The maximum atomic E-state index is 13.2. The van der Waals surface area contributed by atoms with E-state index in [0.717, 1.165) is 43.7 Å². The number of rotatable bonds is 5. The third kappa shape index (κ3) is 3.66. The second-order valence-electron chi connectivity index (χ2n) is 7.72. The second-order valence-corrected chi connectivity index (χ2v) is 7.72. The minimum absolute atomic E-state index is 0.103. The van der Waals surface area contributed by atoms with E-state index in [0.29, 0.717) is 5.92 Å². The first kappa shape index (κ1) is 18.6. The molecule has 0 aliphatic carbocycles. The van der Waals surface area contributed by atoms with Crippen LogP contribution in [0.5, 0.6) is 0 Å². The molecular weight excluding hydrogens is 327 g/mol. The van der Waals surface area contributed by atoms with E-state index in [2.05, 4.69) is 41.3 Å². The van der Waals surface area contributed by atoms with Crippen molar-refractivity contribution in [2.45, 2.75) is 46.2 Å². The van der Waals surface area contributed by atoms with Crippen molar-refractivity contribution >= 4 is 0 Å². The molecule has 138 valence electrons. The molecule has 2 aromatic rings. The molecule has 1 aliphatic heterocycles. The Hall–Kier alpha value is -2.19. The average molecular weight is 354 g/mol. The van der Waals surface area contributed by atoms with E-state index in [1.807, 2.05) is 24.7 Å². The van der Waals surface area contributed by atoms with E-state index in [1.54, 1.807) is 0 Å². The van der Waals surface area contributed by atoms with Gasteiger partial charge in [0.25, 0.3) is 0 Å². The minimum atomic E-state index is -0.216. The van der Waals surface area contributed by atoms with E-state index < -0.39 is 0 Å². The van der Waals surface area contributed by atoms with Crippen LogP contribution >= 0.6 is 0 Å². The number of hydrogen-bond donors (Lipinski definition) is 0. The number of benzene rings is 1. The van der Waals surface area contributed by atoms with Gasteiger partial charge in [-0.1, -0.05) is 26.0 Å². The van der Waals surface area contributed by atoms with Crippen LogP contribution in [0.1, 0.15) is 50.9 Å². The molecule has 1 aromatic carbocycles. The highest BCUT2D eigenvalue weighted by molar-refractivity contribution is 5.21. The summed E-state index contributed by atoms with van der Waals surface area (Å²) in [5, 5.41) is 9.61. The van der Waals surface area contributed by atoms with Gasteiger partial charge in [-0.25, -0.2) is 9.37 Å².